The van der Waals surface area contributed by atoms with Gasteiger partial charge in [-0.2, -0.15) is 5.10 Å². The van der Waals surface area contributed by atoms with Crippen molar-refractivity contribution in [1.82, 2.24) is 15.1 Å². The number of methoxy groups -OCH3 is 2. The van der Waals surface area contributed by atoms with Gasteiger partial charge in [0, 0.05) is 30.6 Å². The molecule has 1 N–H and O–H groups in total. The van der Waals surface area contributed by atoms with Gasteiger partial charge in [0.1, 0.15) is 11.5 Å². The first-order chi connectivity index (χ1) is 12.5. The highest BCUT2D eigenvalue weighted by atomic mass is 16.5. The molecular formula is C19H19N3O4. The van der Waals surface area contributed by atoms with Crippen LogP contribution in [0.3, 0.4) is 0 Å². The summed E-state index contributed by atoms with van der Waals surface area (Å²) in [5.41, 5.74) is 0.713. The predicted octanol–water partition coefficient (Wildman–Crippen LogP) is 2.21. The number of fused-ring (bicyclic) bond motifs is 1. The predicted molar refractivity (Wildman–Crippen MR) is 97.7 cm³/mol. The number of aromatic nitrogens is 2. The molecule has 0 saturated heterocycles. The molecule has 0 atom stereocenters. The first-order valence-corrected chi connectivity index (χ1v) is 7.99. The number of benzene rings is 2. The maximum atomic E-state index is 12.9. The Morgan fingerprint density at radius 3 is 2.54 bits per heavy atom. The van der Waals surface area contributed by atoms with E-state index < -0.39 is 0 Å². The molecule has 0 spiro atoms. The van der Waals surface area contributed by atoms with Gasteiger partial charge in [-0.1, -0.05) is 18.2 Å². The summed E-state index contributed by atoms with van der Waals surface area (Å²) in [5.74, 6) is 1.01. The number of carbonyl (C=O) groups excluding carboxylic acids is 1. The molecule has 3 rings (SSSR count). The standard InChI is InChI=1S/C19H19N3O4/c1-22(11-12-8-9-13(25-2)10-16(12)26-3)19(24)17-14-6-4-5-7-15(14)18(23)21-20-17/h4-10H,11H2,1-3H3,(H,21,23). The van der Waals surface area contributed by atoms with E-state index in [4.69, 9.17) is 9.47 Å². The van der Waals surface area contributed by atoms with E-state index in [0.29, 0.717) is 28.8 Å². The van der Waals surface area contributed by atoms with Crippen LogP contribution in [-0.4, -0.2) is 42.3 Å². The maximum Gasteiger partial charge on any atom is 0.274 e. The third kappa shape index (κ3) is 3.23. The zero-order valence-electron chi connectivity index (χ0n) is 14.8. The van der Waals surface area contributed by atoms with E-state index in [-0.39, 0.29) is 17.2 Å². The highest BCUT2D eigenvalue weighted by molar-refractivity contribution is 6.04. The van der Waals surface area contributed by atoms with Gasteiger partial charge in [-0.3, -0.25) is 9.59 Å². The molecular weight excluding hydrogens is 334 g/mol. The van der Waals surface area contributed by atoms with Crippen LogP contribution in [0.4, 0.5) is 0 Å². The molecule has 7 nitrogen and oxygen atoms in total. The van der Waals surface area contributed by atoms with Crippen LogP contribution in [-0.2, 0) is 6.54 Å². The van der Waals surface area contributed by atoms with Crippen molar-refractivity contribution >= 4 is 16.7 Å². The summed E-state index contributed by atoms with van der Waals surface area (Å²) in [6, 6.07) is 12.3. The Morgan fingerprint density at radius 1 is 1.12 bits per heavy atom. The second-order valence-corrected chi connectivity index (χ2v) is 5.79. The molecule has 7 heteroatoms. The van der Waals surface area contributed by atoms with Crippen LogP contribution in [0, 0.1) is 0 Å². The second kappa shape index (κ2) is 7.26. The number of aromatic amines is 1. The minimum Gasteiger partial charge on any atom is -0.497 e. The number of carbonyl (C=O) groups is 1. The van der Waals surface area contributed by atoms with E-state index in [1.807, 2.05) is 12.1 Å². The third-order valence-electron chi connectivity index (χ3n) is 4.15. The topological polar surface area (TPSA) is 84.5 Å². The lowest BCUT2D eigenvalue weighted by molar-refractivity contribution is 0.0779. The van der Waals surface area contributed by atoms with Crippen molar-refractivity contribution in [3.8, 4) is 11.5 Å². The number of amides is 1. The largest absolute Gasteiger partial charge is 0.497 e. The highest BCUT2D eigenvalue weighted by Gasteiger charge is 2.19. The Hall–Kier alpha value is -3.35. The van der Waals surface area contributed by atoms with E-state index in [1.54, 1.807) is 51.6 Å². The van der Waals surface area contributed by atoms with Gasteiger partial charge in [0.2, 0.25) is 0 Å². The molecule has 0 bridgehead atoms. The molecule has 0 saturated carbocycles. The summed E-state index contributed by atoms with van der Waals surface area (Å²) in [7, 11) is 4.82. The molecule has 3 aromatic rings. The molecule has 1 amide bonds. The number of nitrogens with zero attached hydrogens (tertiary/aromatic N) is 2. The smallest absolute Gasteiger partial charge is 0.274 e. The summed E-state index contributed by atoms with van der Waals surface area (Å²) in [6.45, 7) is 0.321. The van der Waals surface area contributed by atoms with Crippen LogP contribution in [0.15, 0.2) is 47.3 Å². The molecule has 1 heterocycles. The Kier molecular flexibility index (Phi) is 4.88. The van der Waals surface area contributed by atoms with E-state index in [0.717, 1.165) is 5.56 Å². The van der Waals surface area contributed by atoms with Gasteiger partial charge in [-0.05, 0) is 18.2 Å². The lowest BCUT2D eigenvalue weighted by Gasteiger charge is -2.19. The van der Waals surface area contributed by atoms with Crippen molar-refractivity contribution in [1.29, 1.82) is 0 Å². The Balaban J connectivity index is 1.92. The van der Waals surface area contributed by atoms with Crippen molar-refractivity contribution in [2.75, 3.05) is 21.3 Å². The van der Waals surface area contributed by atoms with Crippen LogP contribution >= 0.6 is 0 Å². The third-order valence-corrected chi connectivity index (χ3v) is 4.15. The number of hydrogen-bond donors (Lipinski definition) is 1. The summed E-state index contributed by atoms with van der Waals surface area (Å²) >= 11 is 0. The van der Waals surface area contributed by atoms with Gasteiger partial charge in [0.25, 0.3) is 11.5 Å². The zero-order valence-corrected chi connectivity index (χ0v) is 14.8. The number of nitrogens with one attached hydrogen (secondary N) is 1. The molecule has 0 aliphatic rings. The average molecular weight is 353 g/mol. The molecule has 2 aromatic carbocycles. The summed E-state index contributed by atoms with van der Waals surface area (Å²) in [5, 5.41) is 7.30. The fraction of sp³-hybridized carbons (Fsp3) is 0.211. The van der Waals surface area contributed by atoms with Crippen molar-refractivity contribution in [3.63, 3.8) is 0 Å². The second-order valence-electron chi connectivity index (χ2n) is 5.79. The van der Waals surface area contributed by atoms with Crippen molar-refractivity contribution in [2.45, 2.75) is 6.54 Å². The quantitative estimate of drug-likeness (QED) is 0.760. The van der Waals surface area contributed by atoms with Gasteiger partial charge >= 0.3 is 0 Å². The fourth-order valence-corrected chi connectivity index (χ4v) is 2.77. The summed E-state index contributed by atoms with van der Waals surface area (Å²) in [4.78, 5) is 26.3. The Labute approximate surface area is 150 Å². The molecule has 0 unspecified atom stereocenters. The van der Waals surface area contributed by atoms with E-state index in [9.17, 15) is 9.59 Å². The zero-order chi connectivity index (χ0) is 18.7. The molecule has 1 aromatic heterocycles. The van der Waals surface area contributed by atoms with Crippen LogP contribution in [0.5, 0.6) is 11.5 Å². The van der Waals surface area contributed by atoms with Crippen LogP contribution in [0.25, 0.3) is 10.8 Å². The summed E-state index contributed by atoms with van der Waals surface area (Å²) < 4.78 is 10.6. The highest BCUT2D eigenvalue weighted by Crippen LogP contribution is 2.26. The van der Waals surface area contributed by atoms with Gasteiger partial charge in [-0.25, -0.2) is 5.10 Å². The molecule has 0 fully saturated rings. The van der Waals surface area contributed by atoms with Crippen molar-refractivity contribution in [2.24, 2.45) is 0 Å². The minimum absolute atomic E-state index is 0.204. The van der Waals surface area contributed by atoms with E-state index >= 15 is 0 Å². The van der Waals surface area contributed by atoms with E-state index in [1.165, 1.54) is 4.90 Å². The van der Waals surface area contributed by atoms with Crippen molar-refractivity contribution in [3.05, 3.63) is 64.1 Å². The van der Waals surface area contributed by atoms with Crippen LogP contribution in [0.2, 0.25) is 0 Å². The van der Waals surface area contributed by atoms with Crippen LogP contribution in [0.1, 0.15) is 16.1 Å². The minimum atomic E-state index is -0.323. The molecule has 26 heavy (non-hydrogen) atoms. The Morgan fingerprint density at radius 2 is 1.85 bits per heavy atom. The average Bonchev–Trinajstić information content (AvgIpc) is 2.68. The normalized spacial score (nSPS) is 10.6. The lowest BCUT2D eigenvalue weighted by Crippen LogP contribution is -2.28. The van der Waals surface area contributed by atoms with Gasteiger partial charge in [0.05, 0.1) is 19.6 Å². The summed E-state index contributed by atoms with van der Waals surface area (Å²) in [6.07, 6.45) is 0. The number of rotatable bonds is 5. The first kappa shape index (κ1) is 17.5. The number of H-pyrrole nitrogens is 1. The SMILES string of the molecule is COc1ccc(CN(C)C(=O)c2n[nH]c(=O)c3ccccc23)c(OC)c1. The first-order valence-electron chi connectivity index (χ1n) is 7.99. The van der Waals surface area contributed by atoms with Crippen LogP contribution < -0.4 is 15.0 Å². The van der Waals surface area contributed by atoms with Crippen molar-refractivity contribution < 1.29 is 14.3 Å². The molecule has 0 aliphatic heterocycles. The lowest BCUT2D eigenvalue weighted by atomic mass is 10.1. The number of hydrogen-bond acceptors (Lipinski definition) is 5. The Bertz CT molecular complexity index is 1010. The van der Waals surface area contributed by atoms with Gasteiger partial charge < -0.3 is 14.4 Å². The molecule has 0 radical (unpaired) electrons. The molecule has 134 valence electrons. The maximum absolute atomic E-state index is 12.9. The number of ether oxygens (including phenoxy) is 2. The van der Waals surface area contributed by atoms with Gasteiger partial charge in [-0.15, -0.1) is 0 Å². The fourth-order valence-electron chi connectivity index (χ4n) is 2.77. The van der Waals surface area contributed by atoms with Gasteiger partial charge in [0.15, 0.2) is 5.69 Å². The van der Waals surface area contributed by atoms with E-state index in [2.05, 4.69) is 10.2 Å². The monoisotopic (exact) mass is 353 g/mol. The molecule has 0 aliphatic carbocycles.